The molecule has 0 amide bonds. The van der Waals surface area contributed by atoms with Crippen molar-refractivity contribution in [2.24, 2.45) is 0 Å². The highest BCUT2D eigenvalue weighted by atomic mass is 16.5. The largest absolute Gasteiger partial charge is 0.383 e. The van der Waals surface area contributed by atoms with E-state index in [0.717, 1.165) is 88.1 Å². The summed E-state index contributed by atoms with van der Waals surface area (Å²) in [5.41, 5.74) is 2.90. The third-order valence-electron chi connectivity index (χ3n) is 6.06. The van der Waals surface area contributed by atoms with Crippen LogP contribution in [0, 0.1) is 0 Å². The zero-order valence-electron chi connectivity index (χ0n) is 15.6. The third-order valence-corrected chi connectivity index (χ3v) is 6.06. The SMILES string of the molecule is O=c1[nH]nc(CCCN2CCN(C3CCOCC3)CC2)c2c1CCCN2. The topological polar surface area (TPSA) is 73.5 Å². The summed E-state index contributed by atoms with van der Waals surface area (Å²) >= 11 is 0. The third kappa shape index (κ3) is 4.10. The molecule has 4 rings (SSSR count). The molecule has 0 atom stereocenters. The van der Waals surface area contributed by atoms with E-state index in [4.69, 9.17) is 4.74 Å². The van der Waals surface area contributed by atoms with Gasteiger partial charge in [0.05, 0.1) is 11.4 Å². The number of nitrogens with zero attached hydrogens (tertiary/aromatic N) is 3. The molecule has 3 aliphatic rings. The predicted molar refractivity (Wildman–Crippen MR) is 102 cm³/mol. The molecule has 7 heteroatoms. The Morgan fingerprint density at radius 3 is 2.77 bits per heavy atom. The van der Waals surface area contributed by atoms with E-state index in [1.54, 1.807) is 0 Å². The van der Waals surface area contributed by atoms with E-state index in [1.807, 2.05) is 0 Å². The minimum Gasteiger partial charge on any atom is -0.383 e. The molecule has 3 aliphatic heterocycles. The molecule has 1 aromatic heterocycles. The van der Waals surface area contributed by atoms with Crippen molar-refractivity contribution >= 4 is 5.69 Å². The lowest BCUT2D eigenvalue weighted by atomic mass is 10.0. The maximum Gasteiger partial charge on any atom is 0.269 e. The van der Waals surface area contributed by atoms with Crippen molar-refractivity contribution in [2.45, 2.75) is 44.6 Å². The average Bonchev–Trinajstić information content (AvgIpc) is 2.71. The molecule has 2 fully saturated rings. The summed E-state index contributed by atoms with van der Waals surface area (Å²) in [6, 6.07) is 0.730. The van der Waals surface area contributed by atoms with Gasteiger partial charge in [0.25, 0.3) is 5.56 Å². The van der Waals surface area contributed by atoms with Crippen LogP contribution in [0.25, 0.3) is 0 Å². The molecule has 0 saturated carbocycles. The number of aryl methyl sites for hydroxylation is 1. The molecule has 2 saturated heterocycles. The Kier molecular flexibility index (Phi) is 5.87. The zero-order chi connectivity index (χ0) is 17.8. The number of H-pyrrole nitrogens is 1. The first-order chi connectivity index (χ1) is 12.8. The van der Waals surface area contributed by atoms with Crippen molar-refractivity contribution in [3.05, 3.63) is 21.6 Å². The lowest BCUT2D eigenvalue weighted by Crippen LogP contribution is -2.51. The van der Waals surface area contributed by atoms with Gasteiger partial charge in [-0.3, -0.25) is 9.69 Å². The predicted octanol–water partition coefficient (Wildman–Crippen LogP) is 0.857. The maximum absolute atomic E-state index is 11.9. The van der Waals surface area contributed by atoms with Crippen LogP contribution in [0.4, 0.5) is 5.69 Å². The van der Waals surface area contributed by atoms with Gasteiger partial charge in [-0.1, -0.05) is 0 Å². The Balaban J connectivity index is 1.24. The fraction of sp³-hybridized carbons (Fsp3) is 0.789. The fourth-order valence-electron chi connectivity index (χ4n) is 4.51. The number of piperazine rings is 1. The van der Waals surface area contributed by atoms with Crippen LogP contribution in [0.15, 0.2) is 4.79 Å². The van der Waals surface area contributed by atoms with Crippen molar-refractivity contribution < 1.29 is 4.74 Å². The number of nitrogens with one attached hydrogen (secondary N) is 2. The van der Waals surface area contributed by atoms with Gasteiger partial charge in [0, 0.05) is 57.5 Å². The van der Waals surface area contributed by atoms with Crippen molar-refractivity contribution in [3.63, 3.8) is 0 Å². The first kappa shape index (κ1) is 17.9. The van der Waals surface area contributed by atoms with Gasteiger partial charge in [-0.2, -0.15) is 5.10 Å². The van der Waals surface area contributed by atoms with Gasteiger partial charge in [0.1, 0.15) is 0 Å². The first-order valence-corrected chi connectivity index (χ1v) is 10.2. The van der Waals surface area contributed by atoms with Crippen molar-refractivity contribution in [2.75, 3.05) is 57.8 Å². The fourth-order valence-corrected chi connectivity index (χ4v) is 4.51. The number of hydrogen-bond donors (Lipinski definition) is 2. The minimum absolute atomic E-state index is 0.0276. The number of ether oxygens (including phenoxy) is 1. The van der Waals surface area contributed by atoms with E-state index in [9.17, 15) is 4.79 Å². The summed E-state index contributed by atoms with van der Waals surface area (Å²) in [6.45, 7) is 8.58. The number of fused-ring (bicyclic) bond motifs is 1. The van der Waals surface area contributed by atoms with Crippen LogP contribution >= 0.6 is 0 Å². The summed E-state index contributed by atoms with van der Waals surface area (Å²) in [5.74, 6) is 0. The normalized spacial score (nSPS) is 22.8. The van der Waals surface area contributed by atoms with Gasteiger partial charge in [0.2, 0.25) is 0 Å². The summed E-state index contributed by atoms with van der Waals surface area (Å²) in [5, 5.41) is 10.4. The van der Waals surface area contributed by atoms with E-state index in [0.29, 0.717) is 0 Å². The summed E-state index contributed by atoms with van der Waals surface area (Å²) in [4.78, 5) is 17.1. The van der Waals surface area contributed by atoms with Crippen molar-refractivity contribution in [1.82, 2.24) is 20.0 Å². The Bertz CT molecular complexity index is 648. The van der Waals surface area contributed by atoms with Crippen LogP contribution in [0.2, 0.25) is 0 Å². The smallest absolute Gasteiger partial charge is 0.269 e. The van der Waals surface area contributed by atoms with Crippen LogP contribution in [-0.2, 0) is 17.6 Å². The Morgan fingerprint density at radius 2 is 1.96 bits per heavy atom. The van der Waals surface area contributed by atoms with Gasteiger partial charge < -0.3 is 15.0 Å². The highest BCUT2D eigenvalue weighted by Gasteiger charge is 2.25. The quantitative estimate of drug-likeness (QED) is 0.810. The van der Waals surface area contributed by atoms with Gasteiger partial charge >= 0.3 is 0 Å². The molecule has 0 bridgehead atoms. The second-order valence-corrected chi connectivity index (χ2v) is 7.71. The number of anilines is 1. The number of aromatic nitrogens is 2. The standard InChI is InChI=1S/C19H31N5O2/c25-19-16-3-1-7-20-18(16)17(21-22-19)4-2-8-23-9-11-24(12-10-23)15-5-13-26-14-6-15/h15,20H,1-14H2,(H,22,25). The van der Waals surface area contributed by atoms with Crippen LogP contribution in [0.1, 0.15) is 36.9 Å². The molecule has 0 radical (unpaired) electrons. The monoisotopic (exact) mass is 361 g/mol. The summed E-state index contributed by atoms with van der Waals surface area (Å²) < 4.78 is 5.48. The van der Waals surface area contributed by atoms with E-state index >= 15 is 0 Å². The number of aromatic amines is 1. The highest BCUT2D eigenvalue weighted by Crippen LogP contribution is 2.22. The van der Waals surface area contributed by atoms with Crippen LogP contribution in [0.3, 0.4) is 0 Å². The number of hydrogen-bond acceptors (Lipinski definition) is 6. The molecule has 0 unspecified atom stereocenters. The van der Waals surface area contributed by atoms with E-state index in [1.165, 1.54) is 25.9 Å². The van der Waals surface area contributed by atoms with E-state index in [2.05, 4.69) is 25.3 Å². The zero-order valence-corrected chi connectivity index (χ0v) is 15.6. The second-order valence-electron chi connectivity index (χ2n) is 7.71. The molecule has 0 spiro atoms. The summed E-state index contributed by atoms with van der Waals surface area (Å²) in [6.07, 6.45) is 6.28. The maximum atomic E-state index is 11.9. The molecule has 144 valence electrons. The van der Waals surface area contributed by atoms with Gasteiger partial charge in [-0.15, -0.1) is 0 Å². The van der Waals surface area contributed by atoms with E-state index in [-0.39, 0.29) is 5.56 Å². The lowest BCUT2D eigenvalue weighted by Gasteiger charge is -2.40. The Labute approximate surface area is 155 Å². The highest BCUT2D eigenvalue weighted by molar-refractivity contribution is 5.55. The summed E-state index contributed by atoms with van der Waals surface area (Å²) in [7, 11) is 0. The van der Waals surface area contributed by atoms with Crippen molar-refractivity contribution in [1.29, 1.82) is 0 Å². The van der Waals surface area contributed by atoms with Gasteiger partial charge in [0.15, 0.2) is 0 Å². The molecule has 0 aromatic carbocycles. The van der Waals surface area contributed by atoms with Crippen molar-refractivity contribution in [3.8, 4) is 0 Å². The number of rotatable bonds is 5. The molecule has 0 aliphatic carbocycles. The molecule has 4 heterocycles. The molecule has 2 N–H and O–H groups in total. The molecule has 26 heavy (non-hydrogen) atoms. The average molecular weight is 361 g/mol. The molecule has 7 nitrogen and oxygen atoms in total. The lowest BCUT2D eigenvalue weighted by molar-refractivity contribution is 0.0137. The van der Waals surface area contributed by atoms with Gasteiger partial charge in [-0.25, -0.2) is 5.10 Å². The second kappa shape index (κ2) is 8.50. The van der Waals surface area contributed by atoms with E-state index < -0.39 is 0 Å². The van der Waals surface area contributed by atoms with Gasteiger partial charge in [-0.05, 0) is 45.1 Å². The van der Waals surface area contributed by atoms with Crippen LogP contribution in [0.5, 0.6) is 0 Å². The molecule has 1 aromatic rings. The molecular weight excluding hydrogens is 330 g/mol. The van der Waals surface area contributed by atoms with Crippen LogP contribution in [-0.4, -0.2) is 78.5 Å². The van der Waals surface area contributed by atoms with Crippen LogP contribution < -0.4 is 10.9 Å². The Hall–Kier alpha value is -1.44. The molecular formula is C19H31N5O2. The Morgan fingerprint density at radius 1 is 1.15 bits per heavy atom. The minimum atomic E-state index is -0.0276. The first-order valence-electron chi connectivity index (χ1n) is 10.2.